The second-order valence-electron chi connectivity index (χ2n) is 14.0. The predicted octanol–water partition coefficient (Wildman–Crippen LogP) is 12.9. The number of aromatic nitrogens is 3. The maximum atomic E-state index is 4.67. The first-order chi connectivity index (χ1) is 25.8. The van der Waals surface area contributed by atoms with Crippen LogP contribution < -0.4 is 0 Å². The molecule has 0 aliphatic heterocycles. The molecular weight excluding hydrogens is 631 g/mol. The molecule has 1 aliphatic rings. The van der Waals surface area contributed by atoms with E-state index >= 15 is 0 Å². The molecule has 0 N–H and O–H groups in total. The molecule has 0 saturated carbocycles. The second-order valence-corrected chi connectivity index (χ2v) is 14.0. The first kappa shape index (κ1) is 27.8. The van der Waals surface area contributed by atoms with Crippen LogP contribution in [0.3, 0.4) is 0 Å². The Labute approximate surface area is 299 Å². The Balaban J connectivity index is 1.10. The van der Waals surface area contributed by atoms with Crippen molar-refractivity contribution in [2.45, 2.75) is 0 Å². The average molecular weight is 660 g/mol. The number of pyridine rings is 1. The highest BCUT2D eigenvalue weighted by molar-refractivity contribution is 6.22. The van der Waals surface area contributed by atoms with E-state index in [1.54, 1.807) is 0 Å². The van der Waals surface area contributed by atoms with E-state index in [0.29, 0.717) is 0 Å². The summed E-state index contributed by atoms with van der Waals surface area (Å²) >= 11 is 0. The van der Waals surface area contributed by atoms with Gasteiger partial charge in [0.05, 0.1) is 27.8 Å². The zero-order valence-corrected chi connectivity index (χ0v) is 28.1. The Morgan fingerprint density at radius 3 is 1.92 bits per heavy atom. The van der Waals surface area contributed by atoms with Crippen LogP contribution in [0.5, 0.6) is 0 Å². The zero-order chi connectivity index (χ0) is 33.9. The third-order valence-corrected chi connectivity index (χ3v) is 11.3. The quantitative estimate of drug-likeness (QED) is 0.185. The molecule has 3 heterocycles. The van der Waals surface area contributed by atoms with Gasteiger partial charge in [0, 0.05) is 61.5 Å². The fourth-order valence-electron chi connectivity index (χ4n) is 9.12. The van der Waals surface area contributed by atoms with E-state index in [1.807, 2.05) is 12.4 Å². The predicted molar refractivity (Wildman–Crippen MR) is 218 cm³/mol. The number of hydrogen-bond acceptors (Lipinski definition) is 1. The van der Waals surface area contributed by atoms with Crippen LogP contribution in [0.15, 0.2) is 176 Å². The molecule has 0 fully saturated rings. The van der Waals surface area contributed by atoms with Crippen LogP contribution in [-0.4, -0.2) is 14.1 Å². The van der Waals surface area contributed by atoms with Crippen molar-refractivity contribution in [3.63, 3.8) is 0 Å². The Kier molecular flexibility index (Phi) is 5.50. The summed E-state index contributed by atoms with van der Waals surface area (Å²) in [5.41, 5.74) is 14.6. The molecule has 12 rings (SSSR count). The standard InChI is InChI=1S/C49H29N3/c1-2-12-34(13-3-1)51-44-24-22-32(27-40(44)48-35-14-5-4-10-30(35)20-25-46(48)51)31-21-23-43-39(26-31)36-15-6-7-18-42(36)52(43)45-19-9-17-38-37-16-8-11-33-28-50-29-41(47(33)37)49(38)45/h1-29H. The Morgan fingerprint density at radius 1 is 0.365 bits per heavy atom. The number of para-hydroxylation sites is 2. The van der Waals surface area contributed by atoms with Gasteiger partial charge in [0.25, 0.3) is 0 Å². The molecule has 0 saturated heterocycles. The molecule has 3 heteroatoms. The highest BCUT2D eigenvalue weighted by Crippen LogP contribution is 2.50. The van der Waals surface area contributed by atoms with Crippen LogP contribution >= 0.6 is 0 Å². The molecule has 0 amide bonds. The summed E-state index contributed by atoms with van der Waals surface area (Å²) < 4.78 is 4.87. The van der Waals surface area contributed by atoms with Gasteiger partial charge in [0.1, 0.15) is 0 Å². The fraction of sp³-hybridized carbons (Fsp3) is 0. The summed E-state index contributed by atoms with van der Waals surface area (Å²) in [6.07, 6.45) is 4.02. The van der Waals surface area contributed by atoms with Crippen molar-refractivity contribution in [3.05, 3.63) is 176 Å². The molecule has 1 aliphatic carbocycles. The van der Waals surface area contributed by atoms with Gasteiger partial charge in [-0.3, -0.25) is 4.98 Å². The maximum Gasteiger partial charge on any atom is 0.0547 e. The smallest absolute Gasteiger partial charge is 0.0547 e. The van der Waals surface area contributed by atoms with E-state index in [-0.39, 0.29) is 0 Å². The number of nitrogens with zero attached hydrogens (tertiary/aromatic N) is 3. The SMILES string of the molecule is c1ccc(-n2c3ccc(-c4ccc5c(c4)c4ccccc4n5-c4cccc5c4-c4cncc6cccc-5c46)cc3c3c4ccccc4ccc32)cc1. The Bertz CT molecular complexity index is 3280. The van der Waals surface area contributed by atoms with Crippen molar-refractivity contribution >= 4 is 65.2 Å². The van der Waals surface area contributed by atoms with Gasteiger partial charge in [0.2, 0.25) is 0 Å². The molecule has 0 unspecified atom stereocenters. The van der Waals surface area contributed by atoms with Gasteiger partial charge in [-0.2, -0.15) is 0 Å². The van der Waals surface area contributed by atoms with Crippen molar-refractivity contribution in [1.29, 1.82) is 0 Å². The van der Waals surface area contributed by atoms with Gasteiger partial charge in [-0.15, -0.1) is 0 Å². The van der Waals surface area contributed by atoms with Crippen molar-refractivity contribution < 1.29 is 0 Å². The van der Waals surface area contributed by atoms with E-state index in [0.717, 1.165) is 0 Å². The van der Waals surface area contributed by atoms with E-state index in [9.17, 15) is 0 Å². The summed E-state index contributed by atoms with van der Waals surface area (Å²) in [5, 5.41) is 10.0. The molecule has 0 bridgehead atoms. The van der Waals surface area contributed by atoms with Gasteiger partial charge < -0.3 is 9.13 Å². The second kappa shape index (κ2) is 10.3. The molecule has 0 atom stereocenters. The maximum absolute atomic E-state index is 4.67. The first-order valence-electron chi connectivity index (χ1n) is 17.9. The van der Waals surface area contributed by atoms with Crippen LogP contribution in [0.25, 0.3) is 110 Å². The van der Waals surface area contributed by atoms with Gasteiger partial charge in [-0.1, -0.05) is 109 Å². The van der Waals surface area contributed by atoms with Crippen molar-refractivity contribution in [2.75, 3.05) is 0 Å². The van der Waals surface area contributed by atoms with E-state index in [4.69, 9.17) is 0 Å². The van der Waals surface area contributed by atoms with E-state index in [2.05, 4.69) is 178 Å². The molecule has 52 heavy (non-hydrogen) atoms. The summed E-state index contributed by atoms with van der Waals surface area (Å²) in [5.74, 6) is 0. The normalized spacial score (nSPS) is 12.2. The van der Waals surface area contributed by atoms with Crippen molar-refractivity contribution in [3.8, 4) is 44.8 Å². The van der Waals surface area contributed by atoms with Crippen LogP contribution in [0.2, 0.25) is 0 Å². The van der Waals surface area contributed by atoms with Crippen LogP contribution in [0, 0.1) is 0 Å². The largest absolute Gasteiger partial charge is 0.309 e. The highest BCUT2D eigenvalue weighted by Gasteiger charge is 2.26. The van der Waals surface area contributed by atoms with Gasteiger partial charge in [0.15, 0.2) is 0 Å². The van der Waals surface area contributed by atoms with Crippen LogP contribution in [-0.2, 0) is 0 Å². The Hall–Kier alpha value is -6.97. The summed E-state index contributed by atoms with van der Waals surface area (Å²) in [6.45, 7) is 0. The van der Waals surface area contributed by atoms with Gasteiger partial charge >= 0.3 is 0 Å². The summed E-state index contributed by atoms with van der Waals surface area (Å²) in [6, 6.07) is 60.1. The van der Waals surface area contributed by atoms with Crippen molar-refractivity contribution in [2.24, 2.45) is 0 Å². The highest BCUT2D eigenvalue weighted by atomic mass is 15.0. The lowest BCUT2D eigenvalue weighted by molar-refractivity contribution is 1.18. The van der Waals surface area contributed by atoms with Gasteiger partial charge in [-0.05, 0) is 87.6 Å². The lowest BCUT2D eigenvalue weighted by atomic mass is 9.99. The minimum absolute atomic E-state index is 1.17. The van der Waals surface area contributed by atoms with Crippen molar-refractivity contribution in [1.82, 2.24) is 14.1 Å². The van der Waals surface area contributed by atoms with E-state index in [1.165, 1.54) is 110 Å². The zero-order valence-electron chi connectivity index (χ0n) is 28.1. The Morgan fingerprint density at radius 2 is 1.04 bits per heavy atom. The number of hydrogen-bond donors (Lipinski definition) is 0. The number of fused-ring (bicyclic) bond motifs is 11. The minimum Gasteiger partial charge on any atom is -0.309 e. The topological polar surface area (TPSA) is 22.8 Å². The molecule has 3 aromatic heterocycles. The molecule has 0 spiro atoms. The molecule has 11 aromatic rings. The molecule has 0 radical (unpaired) electrons. The van der Waals surface area contributed by atoms with Gasteiger partial charge in [-0.25, -0.2) is 0 Å². The van der Waals surface area contributed by atoms with Crippen LogP contribution in [0.4, 0.5) is 0 Å². The molecule has 240 valence electrons. The summed E-state index contributed by atoms with van der Waals surface area (Å²) in [4.78, 5) is 4.67. The molecule has 3 nitrogen and oxygen atoms in total. The lowest BCUT2D eigenvalue weighted by Gasteiger charge is -2.14. The third kappa shape index (κ3) is 3.66. The third-order valence-electron chi connectivity index (χ3n) is 11.3. The number of rotatable bonds is 3. The number of benzene rings is 8. The average Bonchev–Trinajstić information content (AvgIpc) is 3.85. The summed E-state index contributed by atoms with van der Waals surface area (Å²) in [7, 11) is 0. The molecular formula is C49H29N3. The van der Waals surface area contributed by atoms with Crippen LogP contribution in [0.1, 0.15) is 0 Å². The monoisotopic (exact) mass is 659 g/mol. The molecule has 8 aromatic carbocycles. The minimum atomic E-state index is 1.17. The first-order valence-corrected chi connectivity index (χ1v) is 17.9. The van der Waals surface area contributed by atoms with E-state index < -0.39 is 0 Å². The fourth-order valence-corrected chi connectivity index (χ4v) is 9.12. The lowest BCUT2D eigenvalue weighted by Crippen LogP contribution is -1.97.